The number of hydrogen-bond donors (Lipinski definition) is 3. The second kappa shape index (κ2) is 8.37. The largest absolute Gasteiger partial charge is 0.497 e. The molecule has 7 heteroatoms. The van der Waals surface area contributed by atoms with E-state index in [0.29, 0.717) is 24.3 Å². The van der Waals surface area contributed by atoms with E-state index >= 15 is 0 Å². The van der Waals surface area contributed by atoms with E-state index in [2.05, 4.69) is 10.4 Å². The number of carbonyl (C=O) groups is 1. The van der Waals surface area contributed by atoms with Gasteiger partial charge in [0.25, 0.3) is 5.91 Å². The summed E-state index contributed by atoms with van der Waals surface area (Å²) in [5.74, 6) is 1.10. The minimum atomic E-state index is -0.178. The average Bonchev–Trinajstić information content (AvgIpc) is 3.10. The normalized spacial score (nSPS) is 10.6. The summed E-state index contributed by atoms with van der Waals surface area (Å²) in [6.45, 7) is 0.489. The number of rotatable bonds is 7. The number of amides is 1. The van der Waals surface area contributed by atoms with Crippen molar-refractivity contribution in [1.29, 1.82) is 0 Å². The highest BCUT2D eigenvalue weighted by Gasteiger charge is 2.10. The van der Waals surface area contributed by atoms with Crippen LogP contribution in [0.3, 0.4) is 0 Å². The van der Waals surface area contributed by atoms with Crippen LogP contribution in [0, 0.1) is 0 Å². The molecule has 140 valence electrons. The van der Waals surface area contributed by atoms with E-state index in [1.165, 1.54) is 0 Å². The molecule has 0 radical (unpaired) electrons. The Balaban J connectivity index is 1.78. The van der Waals surface area contributed by atoms with E-state index < -0.39 is 0 Å². The molecule has 3 rings (SSSR count). The highest BCUT2D eigenvalue weighted by atomic mass is 16.5. The lowest BCUT2D eigenvalue weighted by Gasteiger charge is -2.07. The molecule has 2 aromatic carbocycles. The molecule has 1 heterocycles. The van der Waals surface area contributed by atoms with Crippen LogP contribution in [0.2, 0.25) is 0 Å². The fraction of sp³-hybridized carbons (Fsp3) is 0.200. The van der Waals surface area contributed by atoms with Gasteiger partial charge in [0.15, 0.2) is 0 Å². The van der Waals surface area contributed by atoms with Gasteiger partial charge in [0.1, 0.15) is 11.6 Å². The predicted octanol–water partition coefficient (Wildman–Crippen LogP) is 2.24. The molecule has 0 aliphatic rings. The van der Waals surface area contributed by atoms with Gasteiger partial charge in [0.2, 0.25) is 0 Å². The van der Waals surface area contributed by atoms with Crippen LogP contribution in [-0.2, 0) is 0 Å². The molecule has 3 aromatic rings. The minimum Gasteiger partial charge on any atom is -0.497 e. The molecule has 1 aromatic heterocycles. The van der Waals surface area contributed by atoms with E-state index in [1.807, 2.05) is 24.3 Å². The maximum absolute atomic E-state index is 12.0. The molecule has 0 spiro atoms. The number of ether oxygens (including phenoxy) is 1. The van der Waals surface area contributed by atoms with Gasteiger partial charge in [-0.3, -0.25) is 4.79 Å². The molecule has 0 fully saturated rings. The van der Waals surface area contributed by atoms with Crippen molar-refractivity contribution in [2.24, 2.45) is 0 Å². The summed E-state index contributed by atoms with van der Waals surface area (Å²) >= 11 is 0. The van der Waals surface area contributed by atoms with E-state index in [0.717, 1.165) is 22.7 Å². The Hall–Kier alpha value is -3.32. The van der Waals surface area contributed by atoms with Crippen molar-refractivity contribution >= 4 is 11.7 Å². The number of nitrogens with zero attached hydrogens (tertiary/aromatic N) is 2. The Morgan fingerprint density at radius 2 is 1.89 bits per heavy atom. The third-order valence-corrected chi connectivity index (χ3v) is 4.12. The van der Waals surface area contributed by atoms with Crippen LogP contribution in [0.4, 0.5) is 5.82 Å². The van der Waals surface area contributed by atoms with Crippen LogP contribution in [0.15, 0.2) is 54.6 Å². The molecule has 4 N–H and O–H groups in total. The van der Waals surface area contributed by atoms with Crippen LogP contribution in [0.25, 0.3) is 16.9 Å². The van der Waals surface area contributed by atoms with Crippen molar-refractivity contribution in [3.63, 3.8) is 0 Å². The molecule has 27 heavy (non-hydrogen) atoms. The summed E-state index contributed by atoms with van der Waals surface area (Å²) in [6, 6.07) is 16.4. The Morgan fingerprint density at radius 3 is 2.52 bits per heavy atom. The van der Waals surface area contributed by atoms with Crippen LogP contribution in [0.1, 0.15) is 16.8 Å². The number of anilines is 1. The van der Waals surface area contributed by atoms with Gasteiger partial charge in [-0.25, -0.2) is 4.68 Å². The first-order chi connectivity index (χ1) is 13.1. The number of carbonyl (C=O) groups excluding carboxylic acids is 1. The summed E-state index contributed by atoms with van der Waals surface area (Å²) in [4.78, 5) is 12.0. The Morgan fingerprint density at radius 1 is 1.19 bits per heavy atom. The van der Waals surface area contributed by atoms with Crippen molar-refractivity contribution in [1.82, 2.24) is 15.1 Å². The lowest BCUT2D eigenvalue weighted by Crippen LogP contribution is -2.24. The first-order valence-electron chi connectivity index (χ1n) is 8.62. The lowest BCUT2D eigenvalue weighted by atomic mass is 10.1. The molecule has 0 atom stereocenters. The summed E-state index contributed by atoms with van der Waals surface area (Å²) in [6.07, 6.45) is 0.530. The van der Waals surface area contributed by atoms with E-state index in [1.54, 1.807) is 42.1 Å². The molecule has 0 aliphatic carbocycles. The van der Waals surface area contributed by atoms with Crippen molar-refractivity contribution in [2.75, 3.05) is 26.0 Å². The summed E-state index contributed by atoms with van der Waals surface area (Å²) in [5, 5.41) is 16.1. The topological polar surface area (TPSA) is 102 Å². The monoisotopic (exact) mass is 366 g/mol. The molecule has 0 saturated heterocycles. The second-order valence-electron chi connectivity index (χ2n) is 5.97. The van der Waals surface area contributed by atoms with E-state index in [9.17, 15) is 4.79 Å². The molecular weight excluding hydrogens is 344 g/mol. The fourth-order valence-electron chi connectivity index (χ4n) is 2.64. The molecule has 0 unspecified atom stereocenters. The van der Waals surface area contributed by atoms with Crippen molar-refractivity contribution < 1.29 is 14.6 Å². The Kier molecular flexibility index (Phi) is 5.73. The molecule has 7 nitrogen and oxygen atoms in total. The van der Waals surface area contributed by atoms with Gasteiger partial charge in [0.05, 0.1) is 18.5 Å². The molecular formula is C20H22N4O3. The summed E-state index contributed by atoms with van der Waals surface area (Å²) < 4.78 is 6.80. The fourth-order valence-corrected chi connectivity index (χ4v) is 2.64. The molecule has 0 bridgehead atoms. The SMILES string of the molecule is COc1ccc(-c2cc(N)n(-c3ccc(C(=O)NCCCO)cc3)n2)cc1. The maximum Gasteiger partial charge on any atom is 0.251 e. The van der Waals surface area contributed by atoms with Crippen molar-refractivity contribution in [3.8, 4) is 22.7 Å². The number of nitrogens with one attached hydrogen (secondary N) is 1. The molecule has 0 saturated carbocycles. The number of aromatic nitrogens is 2. The van der Waals surface area contributed by atoms with Gasteiger partial charge in [-0.05, 0) is 55.0 Å². The lowest BCUT2D eigenvalue weighted by molar-refractivity contribution is 0.0951. The quantitative estimate of drug-likeness (QED) is 0.557. The number of benzene rings is 2. The summed E-state index contributed by atoms with van der Waals surface area (Å²) in [5.41, 5.74) is 9.10. The standard InChI is InChI=1S/C20H22N4O3/c1-27-17-9-5-14(6-10-17)18-13-19(21)24(23-18)16-7-3-15(4-8-16)20(26)22-11-2-12-25/h3-10,13,25H,2,11-12,21H2,1H3,(H,22,26). The zero-order valence-electron chi connectivity index (χ0n) is 15.1. The van der Waals surface area contributed by atoms with Crippen LogP contribution in [0.5, 0.6) is 5.75 Å². The molecule has 0 aliphatic heterocycles. The van der Waals surface area contributed by atoms with Crippen LogP contribution < -0.4 is 15.8 Å². The Bertz CT molecular complexity index is 902. The average molecular weight is 366 g/mol. The third-order valence-electron chi connectivity index (χ3n) is 4.12. The third kappa shape index (κ3) is 4.27. The number of hydrogen-bond acceptors (Lipinski definition) is 5. The van der Waals surface area contributed by atoms with Gasteiger partial charge < -0.3 is 20.9 Å². The van der Waals surface area contributed by atoms with Gasteiger partial charge >= 0.3 is 0 Å². The summed E-state index contributed by atoms with van der Waals surface area (Å²) in [7, 11) is 1.62. The highest BCUT2D eigenvalue weighted by Crippen LogP contribution is 2.25. The zero-order valence-corrected chi connectivity index (χ0v) is 15.1. The maximum atomic E-state index is 12.0. The van der Waals surface area contributed by atoms with E-state index in [-0.39, 0.29) is 12.5 Å². The number of nitrogens with two attached hydrogens (primary N) is 1. The highest BCUT2D eigenvalue weighted by molar-refractivity contribution is 5.94. The number of aliphatic hydroxyl groups excluding tert-OH is 1. The smallest absolute Gasteiger partial charge is 0.251 e. The van der Waals surface area contributed by atoms with Gasteiger partial charge in [0, 0.05) is 30.3 Å². The zero-order chi connectivity index (χ0) is 19.2. The van der Waals surface area contributed by atoms with Crippen LogP contribution in [-0.4, -0.2) is 41.1 Å². The first kappa shape index (κ1) is 18.5. The number of methoxy groups -OCH3 is 1. The van der Waals surface area contributed by atoms with Gasteiger partial charge in [-0.15, -0.1) is 0 Å². The number of aliphatic hydroxyl groups is 1. The predicted molar refractivity (Wildman–Crippen MR) is 104 cm³/mol. The van der Waals surface area contributed by atoms with Gasteiger partial charge in [-0.2, -0.15) is 5.10 Å². The second-order valence-corrected chi connectivity index (χ2v) is 5.97. The minimum absolute atomic E-state index is 0.0499. The van der Waals surface area contributed by atoms with Crippen LogP contribution >= 0.6 is 0 Å². The van der Waals surface area contributed by atoms with E-state index in [4.69, 9.17) is 15.6 Å². The Labute approximate surface area is 157 Å². The van der Waals surface area contributed by atoms with Crippen molar-refractivity contribution in [3.05, 3.63) is 60.2 Å². The van der Waals surface area contributed by atoms with Crippen molar-refractivity contribution in [2.45, 2.75) is 6.42 Å². The molecule has 1 amide bonds. The van der Waals surface area contributed by atoms with Gasteiger partial charge in [-0.1, -0.05) is 0 Å². The number of nitrogen functional groups attached to an aromatic ring is 1. The first-order valence-corrected chi connectivity index (χ1v) is 8.62.